The first-order valence-corrected chi connectivity index (χ1v) is 16.2. The highest BCUT2D eigenvalue weighted by Gasteiger charge is 2.38. The topological polar surface area (TPSA) is 95.1 Å². The maximum atomic E-state index is 13.0. The van der Waals surface area contributed by atoms with Gasteiger partial charge < -0.3 is 29.6 Å². The fourth-order valence-corrected chi connectivity index (χ4v) is 5.41. The van der Waals surface area contributed by atoms with E-state index in [1.165, 1.54) is 0 Å². The van der Waals surface area contributed by atoms with Crippen molar-refractivity contribution in [3.8, 4) is 11.5 Å². The van der Waals surface area contributed by atoms with Crippen molar-refractivity contribution in [2.75, 3.05) is 27.4 Å². The summed E-state index contributed by atoms with van der Waals surface area (Å²) in [7, 11) is 3.30. The molecule has 0 fully saturated rings. The largest absolute Gasteiger partial charge is 0.497 e. The Morgan fingerprint density at radius 1 is 0.702 bits per heavy atom. The van der Waals surface area contributed by atoms with Crippen molar-refractivity contribution >= 4 is 12.0 Å². The van der Waals surface area contributed by atoms with Crippen LogP contribution in [-0.4, -0.2) is 45.4 Å². The van der Waals surface area contributed by atoms with Crippen LogP contribution in [-0.2, 0) is 26.5 Å². The van der Waals surface area contributed by atoms with Crippen LogP contribution in [0.25, 0.3) is 0 Å². The van der Waals surface area contributed by atoms with Crippen LogP contribution in [0.5, 0.6) is 11.5 Å². The zero-order valence-electron chi connectivity index (χ0n) is 27.6. The van der Waals surface area contributed by atoms with Crippen LogP contribution in [0.1, 0.15) is 61.3 Å². The fraction of sp³-hybridized carbons (Fsp3) is 0.333. The number of methoxy groups -OCH3 is 2. The number of amides is 2. The van der Waals surface area contributed by atoms with E-state index in [1.807, 2.05) is 104 Å². The fourth-order valence-electron chi connectivity index (χ4n) is 5.41. The average molecular weight is 639 g/mol. The van der Waals surface area contributed by atoms with Crippen molar-refractivity contribution in [3.63, 3.8) is 0 Å². The maximum Gasteiger partial charge on any atom is 0.407 e. The number of carbonyl (C=O) groups excluding carboxylic acids is 2. The molecule has 8 nitrogen and oxygen atoms in total. The molecule has 4 rings (SSSR count). The van der Waals surface area contributed by atoms with Crippen LogP contribution >= 0.6 is 0 Å². The molecule has 0 heterocycles. The summed E-state index contributed by atoms with van der Waals surface area (Å²) < 4.78 is 23.1. The second-order valence-corrected chi connectivity index (χ2v) is 11.3. The quantitative estimate of drug-likeness (QED) is 0.0872. The van der Waals surface area contributed by atoms with Crippen molar-refractivity contribution < 1.29 is 28.5 Å². The zero-order chi connectivity index (χ0) is 33.3. The molecule has 2 amide bonds. The van der Waals surface area contributed by atoms with Gasteiger partial charge in [-0.2, -0.15) is 0 Å². The van der Waals surface area contributed by atoms with Crippen LogP contribution in [0.15, 0.2) is 109 Å². The number of rotatable bonds is 18. The number of alkyl carbamates (subject to hydrolysis) is 1. The molecule has 0 saturated heterocycles. The van der Waals surface area contributed by atoms with Gasteiger partial charge in [0.05, 0.1) is 26.9 Å². The van der Waals surface area contributed by atoms with Crippen molar-refractivity contribution in [2.24, 2.45) is 0 Å². The number of benzene rings is 4. The first-order chi connectivity index (χ1) is 23.0. The Kier molecular flexibility index (Phi) is 13.7. The number of unbranched alkanes of at least 4 members (excludes halogenated alkanes) is 2. The van der Waals surface area contributed by atoms with E-state index in [0.717, 1.165) is 53.0 Å². The molecule has 0 spiro atoms. The lowest BCUT2D eigenvalue weighted by Gasteiger charge is -2.37. The standard InChI is InChI=1S/C39H46N2O6/c1-4-34(41-37(42)18-12-7-13-27-40-38(43)46-28-30-14-8-5-9-15-30)29-47-39(31-16-10-6-11-17-31,32-19-23-35(44-2)24-20-32)33-21-25-36(45-3)26-22-33/h5-6,8-11,14-17,19-26,34H,4,7,12-13,18,27-29H2,1-3H3,(H,40,43)(H,41,42). The lowest BCUT2D eigenvalue weighted by atomic mass is 9.80. The summed E-state index contributed by atoms with van der Waals surface area (Å²) >= 11 is 0. The monoisotopic (exact) mass is 638 g/mol. The molecule has 4 aromatic carbocycles. The Labute approximate surface area is 278 Å². The first-order valence-electron chi connectivity index (χ1n) is 16.2. The summed E-state index contributed by atoms with van der Waals surface area (Å²) in [5.41, 5.74) is 2.83. The smallest absolute Gasteiger partial charge is 0.407 e. The van der Waals surface area contributed by atoms with Crippen LogP contribution in [0.3, 0.4) is 0 Å². The summed E-state index contributed by atoms with van der Waals surface area (Å²) in [6.45, 7) is 3.08. The maximum absolute atomic E-state index is 13.0. The highest BCUT2D eigenvalue weighted by molar-refractivity contribution is 5.76. The highest BCUT2D eigenvalue weighted by atomic mass is 16.5. The van der Waals surface area contributed by atoms with Crippen molar-refractivity contribution in [3.05, 3.63) is 131 Å². The average Bonchev–Trinajstić information content (AvgIpc) is 3.13. The number of hydrogen-bond acceptors (Lipinski definition) is 6. The molecule has 0 aliphatic carbocycles. The van der Waals surface area contributed by atoms with Gasteiger partial charge >= 0.3 is 6.09 Å². The summed E-state index contributed by atoms with van der Waals surface area (Å²) in [4.78, 5) is 24.9. The van der Waals surface area contributed by atoms with Gasteiger partial charge in [0.2, 0.25) is 5.91 Å². The zero-order valence-corrected chi connectivity index (χ0v) is 27.6. The molecular formula is C39H46N2O6. The summed E-state index contributed by atoms with van der Waals surface area (Å²) in [5.74, 6) is 1.49. The van der Waals surface area contributed by atoms with Crippen LogP contribution in [0, 0.1) is 0 Å². The van der Waals surface area contributed by atoms with Crippen molar-refractivity contribution in [2.45, 2.75) is 57.3 Å². The third kappa shape index (κ3) is 10.1. The summed E-state index contributed by atoms with van der Waals surface area (Å²) in [6, 6.07) is 35.3. The normalized spacial score (nSPS) is 11.7. The van der Waals surface area contributed by atoms with Gasteiger partial charge in [0.25, 0.3) is 0 Å². The van der Waals surface area contributed by atoms with E-state index in [0.29, 0.717) is 26.0 Å². The minimum Gasteiger partial charge on any atom is -0.497 e. The minimum absolute atomic E-state index is 0.0186. The SMILES string of the molecule is CCC(COC(c1ccccc1)(c1ccc(OC)cc1)c1ccc(OC)cc1)NC(=O)CCCCCNC(=O)OCc1ccccc1. The van der Waals surface area contributed by atoms with Gasteiger partial charge in [-0.25, -0.2) is 4.79 Å². The third-order valence-electron chi connectivity index (χ3n) is 8.10. The van der Waals surface area contributed by atoms with Gasteiger partial charge in [0.1, 0.15) is 23.7 Å². The molecule has 0 aliphatic heterocycles. The number of nitrogens with one attached hydrogen (secondary N) is 2. The predicted octanol–water partition coefficient (Wildman–Crippen LogP) is 7.39. The Morgan fingerprint density at radius 3 is 1.81 bits per heavy atom. The summed E-state index contributed by atoms with van der Waals surface area (Å²) in [5, 5.41) is 5.95. The Bertz CT molecular complexity index is 1450. The second kappa shape index (κ2) is 18.4. The third-order valence-corrected chi connectivity index (χ3v) is 8.10. The lowest BCUT2D eigenvalue weighted by Crippen LogP contribution is -2.42. The molecule has 2 N–H and O–H groups in total. The van der Waals surface area contributed by atoms with Crippen LogP contribution < -0.4 is 20.1 Å². The highest BCUT2D eigenvalue weighted by Crippen LogP contribution is 2.41. The first kappa shape index (κ1) is 35.0. The Morgan fingerprint density at radius 2 is 1.26 bits per heavy atom. The van der Waals surface area contributed by atoms with Crippen LogP contribution in [0.2, 0.25) is 0 Å². The number of hydrogen-bond donors (Lipinski definition) is 2. The molecule has 0 aromatic heterocycles. The summed E-state index contributed by atoms with van der Waals surface area (Å²) in [6.07, 6.45) is 2.96. The molecule has 8 heteroatoms. The molecule has 47 heavy (non-hydrogen) atoms. The molecule has 248 valence electrons. The minimum atomic E-state index is -0.951. The Hall–Kier alpha value is -4.82. The molecular weight excluding hydrogens is 592 g/mol. The molecule has 0 radical (unpaired) electrons. The van der Waals surface area contributed by atoms with E-state index < -0.39 is 11.7 Å². The molecule has 1 unspecified atom stereocenters. The van der Waals surface area contributed by atoms with Crippen molar-refractivity contribution in [1.82, 2.24) is 10.6 Å². The van der Waals surface area contributed by atoms with Gasteiger partial charge in [-0.1, -0.05) is 98.3 Å². The second-order valence-electron chi connectivity index (χ2n) is 11.3. The van der Waals surface area contributed by atoms with Gasteiger partial charge in [0, 0.05) is 13.0 Å². The number of ether oxygens (including phenoxy) is 4. The van der Waals surface area contributed by atoms with Gasteiger partial charge in [-0.05, 0) is 65.8 Å². The molecule has 0 bridgehead atoms. The molecule has 4 aromatic rings. The molecule has 0 aliphatic rings. The van der Waals surface area contributed by atoms with E-state index in [-0.39, 0.29) is 18.6 Å². The van der Waals surface area contributed by atoms with E-state index in [4.69, 9.17) is 18.9 Å². The van der Waals surface area contributed by atoms with E-state index >= 15 is 0 Å². The van der Waals surface area contributed by atoms with Gasteiger partial charge in [0.15, 0.2) is 0 Å². The van der Waals surface area contributed by atoms with Gasteiger partial charge in [-0.15, -0.1) is 0 Å². The van der Waals surface area contributed by atoms with E-state index in [9.17, 15) is 9.59 Å². The number of carbonyl (C=O) groups is 2. The molecule has 0 saturated carbocycles. The molecule has 1 atom stereocenters. The van der Waals surface area contributed by atoms with E-state index in [1.54, 1.807) is 14.2 Å². The Balaban J connectivity index is 1.35. The van der Waals surface area contributed by atoms with Crippen molar-refractivity contribution in [1.29, 1.82) is 0 Å². The van der Waals surface area contributed by atoms with Gasteiger partial charge in [-0.3, -0.25) is 4.79 Å². The van der Waals surface area contributed by atoms with E-state index in [2.05, 4.69) is 22.8 Å². The lowest BCUT2D eigenvalue weighted by molar-refractivity contribution is -0.122. The predicted molar refractivity (Wildman–Crippen MR) is 184 cm³/mol. The van der Waals surface area contributed by atoms with Crippen LogP contribution in [0.4, 0.5) is 4.79 Å².